The van der Waals surface area contributed by atoms with E-state index in [0.717, 1.165) is 66.3 Å². The first-order valence-electron chi connectivity index (χ1n) is 39.8. The molecule has 66 heteroatoms. The first-order valence-corrected chi connectivity index (χ1v) is 45.1. The molecule has 761 valence electrons. The van der Waals surface area contributed by atoms with Crippen LogP contribution in [0.1, 0.15) is 83.1 Å². The number of nitrogens with zero attached hydrogens (tertiary/aromatic N) is 28. The van der Waals surface area contributed by atoms with E-state index in [1.165, 1.54) is 84.6 Å². The van der Waals surface area contributed by atoms with Crippen molar-refractivity contribution >= 4 is 288 Å². The molecule has 0 aliphatic heterocycles. The second-order valence-electron chi connectivity index (χ2n) is 30.1. The van der Waals surface area contributed by atoms with Gasteiger partial charge in [0.05, 0.1) is 65.5 Å². The Hall–Kier alpha value is -13.8. The van der Waals surface area contributed by atoms with Crippen LogP contribution in [0.5, 0.6) is 0 Å². The van der Waals surface area contributed by atoms with Crippen molar-refractivity contribution in [2.75, 3.05) is 73.3 Å². The van der Waals surface area contributed by atoms with Crippen molar-refractivity contribution in [3.05, 3.63) is 190 Å². The molecule has 145 heavy (non-hydrogen) atoms. The summed E-state index contributed by atoms with van der Waals surface area (Å²) in [6, 6.07) is 14.8. The van der Waals surface area contributed by atoms with Gasteiger partial charge in [-0.3, -0.25) is 56.2 Å². The van der Waals surface area contributed by atoms with Gasteiger partial charge in [-0.1, -0.05) is 6.08 Å². The molecule has 15 aromatic heterocycles. The Labute approximate surface area is 916 Å². The maximum absolute atomic E-state index is 12.1. The van der Waals surface area contributed by atoms with Gasteiger partial charge < -0.3 is 64.5 Å². The number of rotatable bonds is 14. The predicted octanol–water partition coefficient (Wildman–Crippen LogP) is 8.88. The number of anilines is 7. The Morgan fingerprint density at radius 1 is 0.483 bits per heavy atom. The third kappa shape index (κ3) is 39.3. The molecular weight excluding hydrogens is 2510 g/mol. The number of aromatic nitrogens is 25. The number of pyridine rings is 5. The molecule has 0 atom stereocenters. The number of amides is 3. The maximum Gasteiger partial charge on any atom is 1.00 e. The molecule has 0 aliphatic rings. The average Bonchev–Trinajstić information content (AvgIpc) is 1.65. The van der Waals surface area contributed by atoms with E-state index in [1.54, 1.807) is 96.1 Å². The standard InChI is InChI=1S/C16H18IN7O2.C15H14IN7O4.C15H16IN7O2.C10H6IN7O2.C6H11NO2.C5H3FN2O2.C5H4IN5.C4H6O4.C2H3BO2.CH4O.ClH.Na/c1-16(2,3)26-15(25)22-13-11-12(17)23-24(14(11)21-8-20-13)10-6-5-9(18-4)7-19-10;1-15(2,3)27-14(24)20-12-10-11(16)21-22(13(10)19-7-18-12)9-5-4-8(6-17-9)23(25)26;1-15(2,3)25-14(24)21-12-10-11(16)22-23(13(10)20-7-19-12)9-5-4-8(17)6-18-9;11-8-7-9(12)14-4-15-10(7)17(16-8)6-2-1-5(3-13-6)18(19)20;1-7(2)5-3-4-6(8)9;6-5-2-1-4(3-7-5)8(9)10;6-3-2-4(7)8-1-9-5(2)11-10-3;1-3(5)7-8-4(2)6;1-2(4)5-3;1-2;;/h5-8,18H,1-4H3,(H,20,21,22,25);4-7H,1-3H3,(H,18,19,20,24);4-7H,17H2,1-3H3,(H,19,20,21,24);1-4H,(H2,12,14,15);3-4H,5H2,1-2H3,(H,8,9);1-3H;1H,(H3,7,8,9,10,11);1-2H3;1H3;2H,1H3;1H;/q;;;;;;;;-1;;;+1/b;;;;4-3+;;;;;;;. The maximum atomic E-state index is 12.1. The molecule has 57 nitrogen and oxygen atoms in total. The van der Waals surface area contributed by atoms with E-state index in [2.05, 4.69) is 217 Å². The summed E-state index contributed by atoms with van der Waals surface area (Å²) in [5.41, 5.74) is 18.8. The zero-order chi connectivity index (χ0) is 107. The molecule has 0 unspecified atom stereocenters. The Morgan fingerprint density at radius 3 is 1.10 bits per heavy atom. The van der Waals surface area contributed by atoms with Gasteiger partial charge in [0.1, 0.15) is 97.2 Å². The first-order chi connectivity index (χ1) is 67.3. The Bertz CT molecular complexity index is 7000. The SMILES string of the molecule is CC(=O)OOC(C)=O.CC(C)(C)OC(=O)Nc1ncnc2c1c(I)nn2-c1ccc(N)cn1.CC(C)(C)OC(=O)Nc1ncnc2c1c(I)nn2-c1ccc([N+](=O)[O-])cn1.CN(C)C/C=C/C(=O)O.CNc1ccc(-n2nc(I)c3c(NC(=O)OC(C)(C)C)ncnc32)nc1.CO.Cl.Nc1ncnc2c1c(I)nn2-c1ccc([N+](=O)[O-])cn1.Nc1ncnc2n[nH]c(I)c12.O=[N+]([O-])c1ccc(F)nc1.[B-]OC(C)=O.[Na+]. The number of hydrogen-bond acceptors (Lipinski definition) is 45. The Kier molecular flexibility index (Phi) is 49.6. The van der Waals surface area contributed by atoms with Crippen LogP contribution in [-0.2, 0) is 47.8 Å². The number of nitro groups is 3. The van der Waals surface area contributed by atoms with E-state index in [0.29, 0.717) is 123 Å². The summed E-state index contributed by atoms with van der Waals surface area (Å²) in [4.78, 5) is 175. The monoisotopic (exact) mass is 2600 g/mol. The van der Waals surface area contributed by atoms with E-state index in [4.69, 9.17) is 41.6 Å². The number of nitrogens with two attached hydrogens (primary N) is 3. The Balaban J connectivity index is 0.000000353. The van der Waals surface area contributed by atoms with E-state index in [9.17, 15) is 68.3 Å². The first kappa shape index (κ1) is 123. The number of aliphatic carboxylic acids is 1. The van der Waals surface area contributed by atoms with Gasteiger partial charge in [0.25, 0.3) is 17.1 Å². The summed E-state index contributed by atoms with van der Waals surface area (Å²) in [6.07, 6.45) is 14.0. The van der Waals surface area contributed by atoms with Crippen molar-refractivity contribution in [1.82, 2.24) is 129 Å². The quantitative estimate of drug-likeness (QED) is 0.00709. The molecule has 0 fully saturated rings. The largest absolute Gasteiger partial charge is 1.00 e. The number of likely N-dealkylation sites (N-methyl/N-ethyl adjacent to an activating group) is 1. The topological polar surface area (TPSA) is 767 Å². The molecule has 15 aromatic rings. The van der Waals surface area contributed by atoms with Crippen LogP contribution in [0, 0.1) is 54.8 Å². The van der Waals surface area contributed by atoms with E-state index in [1.807, 2.05) is 83.4 Å². The minimum Gasteiger partial charge on any atom is -0.793 e. The van der Waals surface area contributed by atoms with Crippen LogP contribution in [0.3, 0.4) is 0 Å². The van der Waals surface area contributed by atoms with Gasteiger partial charge in [0, 0.05) is 65.7 Å². The average molecular weight is 2600 g/mol. The molecule has 0 spiro atoms. The van der Waals surface area contributed by atoms with Gasteiger partial charge >= 0.3 is 65.7 Å². The van der Waals surface area contributed by atoms with Gasteiger partial charge in [-0.05, 0) is 232 Å². The number of hydrogen-bond donors (Lipinski definition) is 10. The normalized spacial score (nSPS) is 10.5. The van der Waals surface area contributed by atoms with Crippen LogP contribution in [0.15, 0.2) is 135 Å². The van der Waals surface area contributed by atoms with Crippen molar-refractivity contribution in [2.45, 2.75) is 99.9 Å². The molecule has 0 aliphatic carbocycles. The molecule has 0 saturated carbocycles. The van der Waals surface area contributed by atoms with Crippen LogP contribution in [0.2, 0.25) is 0 Å². The molecule has 13 N–H and O–H groups in total. The number of ether oxygens (including phenoxy) is 3. The summed E-state index contributed by atoms with van der Waals surface area (Å²) in [6.45, 7) is 20.2. The molecule has 15 heterocycles. The summed E-state index contributed by atoms with van der Waals surface area (Å²) >= 11 is 10.2. The van der Waals surface area contributed by atoms with E-state index in [-0.39, 0.29) is 64.8 Å². The second kappa shape index (κ2) is 58.2. The number of carboxylic acids is 1. The number of halogens is 7. The minimum atomic E-state index is -0.892. The molecule has 3 amide bonds. The number of carboxylic acid groups (broad SMARTS) is 1. The van der Waals surface area contributed by atoms with Gasteiger partial charge in [-0.2, -0.15) is 48.6 Å². The van der Waals surface area contributed by atoms with E-state index >= 15 is 0 Å². The van der Waals surface area contributed by atoms with Crippen molar-refractivity contribution in [3.63, 3.8) is 0 Å². The molecule has 3 radical (unpaired) electrons. The number of aromatic amines is 1. The van der Waals surface area contributed by atoms with Crippen LogP contribution < -0.4 is 68.0 Å². The van der Waals surface area contributed by atoms with Crippen molar-refractivity contribution in [2.24, 2.45) is 0 Å². The number of H-pyrrole nitrogens is 1. The van der Waals surface area contributed by atoms with Crippen molar-refractivity contribution in [3.8, 4) is 23.3 Å². The second-order valence-corrected chi connectivity index (χ2v) is 35.3. The summed E-state index contributed by atoms with van der Waals surface area (Å²) in [5, 5.41) is 84.8. The molecule has 15 rings (SSSR count). The summed E-state index contributed by atoms with van der Waals surface area (Å²) < 4.78 is 40.8. The van der Waals surface area contributed by atoms with Gasteiger partial charge in [0.2, 0.25) is 11.9 Å². The number of nitrogens with one attached hydrogen (secondary N) is 5. The smallest absolute Gasteiger partial charge is 0.793 e. The number of nitrogen functional groups attached to an aromatic ring is 3. The number of fused-ring (bicyclic) bond motifs is 5. The van der Waals surface area contributed by atoms with Crippen molar-refractivity contribution < 1.29 is 121 Å². The fourth-order valence-corrected chi connectivity index (χ4v) is 13.5. The fourth-order valence-electron chi connectivity index (χ4n) is 10.00. The molecular formula is C79H86BClFI5N36NaO21. The number of carbonyl (C=O) groups is 7. The van der Waals surface area contributed by atoms with E-state index < -0.39 is 79.7 Å². The van der Waals surface area contributed by atoms with Crippen LogP contribution in [-0.4, -0.2) is 256 Å². The van der Waals surface area contributed by atoms with Crippen LogP contribution >= 0.6 is 125 Å². The Morgan fingerprint density at radius 2 is 0.807 bits per heavy atom. The number of carbonyl (C=O) groups excluding carboxylic acids is 6. The molecule has 0 bridgehead atoms. The van der Waals surface area contributed by atoms with Crippen molar-refractivity contribution in [1.29, 1.82) is 0 Å². The third-order valence-electron chi connectivity index (χ3n) is 15.6. The van der Waals surface area contributed by atoms with Gasteiger partial charge in [-0.25, -0.2) is 113 Å². The fraction of sp³-hybridized carbons (Fsp3) is 0.253. The third-order valence-corrected chi connectivity index (χ3v) is 19.4. The predicted molar refractivity (Wildman–Crippen MR) is 561 cm³/mol. The minimum absolute atomic E-state index is 0. The summed E-state index contributed by atoms with van der Waals surface area (Å²) in [5.74, 6) is 0.275. The number of aliphatic hydroxyl groups is 1. The van der Waals surface area contributed by atoms with Gasteiger partial charge in [0.15, 0.2) is 69.0 Å². The van der Waals surface area contributed by atoms with Gasteiger partial charge in [-0.15, -0.1) is 12.4 Å². The molecule has 0 saturated heterocycles. The molecule has 0 aromatic carbocycles. The zero-order valence-electron chi connectivity index (χ0n) is 79.1. The van der Waals surface area contributed by atoms with Crippen LogP contribution in [0.4, 0.5) is 76.3 Å². The van der Waals surface area contributed by atoms with Crippen LogP contribution in [0.25, 0.3) is 78.4 Å². The zero-order valence-corrected chi connectivity index (χ0v) is 92.7. The number of aliphatic hydroxyl groups excluding tert-OH is 1. The summed E-state index contributed by atoms with van der Waals surface area (Å²) in [7, 11) is 10.9.